The van der Waals surface area contributed by atoms with E-state index in [1.807, 2.05) is 25.2 Å². The number of aromatic nitrogens is 3. The Morgan fingerprint density at radius 3 is 2.82 bits per heavy atom. The SMILES string of the molecule is Cc1csc(CN(C)c2nc(C)nc3sc4c(c23)CCC4)n1. The van der Waals surface area contributed by atoms with Gasteiger partial charge in [0.1, 0.15) is 21.5 Å². The average Bonchev–Trinajstić information content (AvgIpc) is 3.13. The number of thiazole rings is 1. The summed E-state index contributed by atoms with van der Waals surface area (Å²) in [5, 5.41) is 4.52. The minimum absolute atomic E-state index is 0.800. The largest absolute Gasteiger partial charge is 0.352 e. The quantitative estimate of drug-likeness (QED) is 0.730. The Kier molecular flexibility index (Phi) is 3.38. The van der Waals surface area contributed by atoms with Gasteiger partial charge in [0.2, 0.25) is 0 Å². The van der Waals surface area contributed by atoms with Gasteiger partial charge in [0.25, 0.3) is 0 Å². The van der Waals surface area contributed by atoms with Crippen molar-refractivity contribution in [1.29, 1.82) is 0 Å². The van der Waals surface area contributed by atoms with Gasteiger partial charge in [0, 0.05) is 23.0 Å². The summed E-state index contributed by atoms with van der Waals surface area (Å²) in [5.74, 6) is 1.92. The Bertz CT molecular complexity index is 849. The monoisotopic (exact) mass is 330 g/mol. The van der Waals surface area contributed by atoms with Crippen molar-refractivity contribution < 1.29 is 0 Å². The molecular weight excluding hydrogens is 312 g/mol. The first kappa shape index (κ1) is 14.1. The molecule has 0 aliphatic heterocycles. The zero-order valence-electron chi connectivity index (χ0n) is 13.0. The van der Waals surface area contributed by atoms with Crippen LogP contribution in [0.2, 0.25) is 0 Å². The maximum absolute atomic E-state index is 4.75. The summed E-state index contributed by atoms with van der Waals surface area (Å²) in [6.07, 6.45) is 3.63. The second kappa shape index (κ2) is 5.28. The van der Waals surface area contributed by atoms with Crippen LogP contribution in [0, 0.1) is 13.8 Å². The number of anilines is 1. The first-order valence-corrected chi connectivity index (χ1v) is 9.22. The predicted molar refractivity (Wildman–Crippen MR) is 93.1 cm³/mol. The summed E-state index contributed by atoms with van der Waals surface area (Å²) < 4.78 is 0. The lowest BCUT2D eigenvalue weighted by Crippen LogP contribution is -2.18. The van der Waals surface area contributed by atoms with E-state index in [1.54, 1.807) is 11.3 Å². The molecule has 0 spiro atoms. The number of aryl methyl sites for hydroxylation is 4. The van der Waals surface area contributed by atoms with Crippen LogP contribution in [0.25, 0.3) is 10.2 Å². The number of thiophene rings is 1. The van der Waals surface area contributed by atoms with E-state index in [9.17, 15) is 0 Å². The normalized spacial score (nSPS) is 13.8. The van der Waals surface area contributed by atoms with Gasteiger partial charge < -0.3 is 4.90 Å². The molecule has 0 unspecified atom stereocenters. The molecule has 0 radical (unpaired) electrons. The predicted octanol–water partition coefficient (Wildman–Crippen LogP) is 3.89. The zero-order valence-corrected chi connectivity index (χ0v) is 14.6. The number of hydrogen-bond donors (Lipinski definition) is 0. The zero-order chi connectivity index (χ0) is 15.3. The lowest BCUT2D eigenvalue weighted by atomic mass is 10.2. The fourth-order valence-corrected chi connectivity index (χ4v) is 5.24. The van der Waals surface area contributed by atoms with E-state index in [0.29, 0.717) is 0 Å². The van der Waals surface area contributed by atoms with Crippen LogP contribution in [0.1, 0.15) is 33.4 Å². The highest BCUT2D eigenvalue weighted by Crippen LogP contribution is 2.40. The highest BCUT2D eigenvalue weighted by Gasteiger charge is 2.23. The van der Waals surface area contributed by atoms with E-state index >= 15 is 0 Å². The Labute approximate surface area is 137 Å². The van der Waals surface area contributed by atoms with Crippen molar-refractivity contribution in [3.63, 3.8) is 0 Å². The molecule has 3 heterocycles. The van der Waals surface area contributed by atoms with Crippen LogP contribution in [0.15, 0.2) is 5.38 Å². The van der Waals surface area contributed by atoms with Crippen molar-refractivity contribution in [3.8, 4) is 0 Å². The molecule has 22 heavy (non-hydrogen) atoms. The molecular formula is C16H18N4S2. The second-order valence-electron chi connectivity index (χ2n) is 5.87. The third kappa shape index (κ3) is 2.30. The van der Waals surface area contributed by atoms with E-state index in [2.05, 4.69) is 27.3 Å². The van der Waals surface area contributed by atoms with Crippen molar-refractivity contribution in [2.45, 2.75) is 39.7 Å². The summed E-state index contributed by atoms with van der Waals surface area (Å²) >= 11 is 3.57. The van der Waals surface area contributed by atoms with Crippen LogP contribution in [0.4, 0.5) is 5.82 Å². The van der Waals surface area contributed by atoms with Gasteiger partial charge in [-0.2, -0.15) is 0 Å². The van der Waals surface area contributed by atoms with E-state index in [1.165, 1.54) is 35.1 Å². The molecule has 0 atom stereocenters. The van der Waals surface area contributed by atoms with Crippen LogP contribution in [-0.2, 0) is 19.4 Å². The van der Waals surface area contributed by atoms with E-state index < -0.39 is 0 Å². The lowest BCUT2D eigenvalue weighted by Gasteiger charge is -2.18. The second-order valence-corrected chi connectivity index (χ2v) is 7.90. The fraction of sp³-hybridized carbons (Fsp3) is 0.438. The van der Waals surface area contributed by atoms with Gasteiger partial charge in [-0.05, 0) is 38.7 Å². The van der Waals surface area contributed by atoms with Gasteiger partial charge in [-0.1, -0.05) is 0 Å². The lowest BCUT2D eigenvalue weighted by molar-refractivity contribution is 0.875. The summed E-state index contributed by atoms with van der Waals surface area (Å²) in [6.45, 7) is 4.82. The van der Waals surface area contributed by atoms with Crippen molar-refractivity contribution in [3.05, 3.63) is 32.3 Å². The minimum atomic E-state index is 0.800. The number of rotatable bonds is 3. The molecule has 0 saturated carbocycles. The average molecular weight is 330 g/mol. The maximum Gasteiger partial charge on any atom is 0.141 e. The van der Waals surface area contributed by atoms with Gasteiger partial charge in [0.05, 0.1) is 11.9 Å². The molecule has 0 aromatic carbocycles. The van der Waals surface area contributed by atoms with E-state index in [0.717, 1.165) is 33.7 Å². The first-order chi connectivity index (χ1) is 10.6. The molecule has 0 amide bonds. The summed E-state index contributed by atoms with van der Waals surface area (Å²) in [5.41, 5.74) is 2.58. The fourth-order valence-electron chi connectivity index (χ4n) is 3.11. The van der Waals surface area contributed by atoms with Crippen molar-refractivity contribution >= 4 is 38.7 Å². The molecule has 4 rings (SSSR count). The molecule has 3 aromatic rings. The smallest absolute Gasteiger partial charge is 0.141 e. The van der Waals surface area contributed by atoms with Gasteiger partial charge in [-0.15, -0.1) is 22.7 Å². The Morgan fingerprint density at radius 1 is 1.18 bits per heavy atom. The summed E-state index contributed by atoms with van der Waals surface area (Å²) in [4.78, 5) is 18.9. The molecule has 1 aliphatic carbocycles. The third-order valence-corrected chi connectivity index (χ3v) is 6.20. The standard InChI is InChI=1S/C16H18N4S2/c1-9-8-21-13(17-9)7-20(3)15-14-11-5-4-6-12(11)22-16(14)19-10(2)18-15/h8H,4-7H2,1-3H3. The molecule has 6 heteroatoms. The molecule has 0 bridgehead atoms. The Hall–Kier alpha value is -1.53. The van der Waals surface area contributed by atoms with E-state index in [-0.39, 0.29) is 0 Å². The molecule has 0 N–H and O–H groups in total. The summed E-state index contributed by atoms with van der Waals surface area (Å²) in [7, 11) is 2.11. The minimum Gasteiger partial charge on any atom is -0.352 e. The Balaban J connectivity index is 1.79. The number of nitrogens with zero attached hydrogens (tertiary/aromatic N) is 4. The van der Waals surface area contributed by atoms with Gasteiger partial charge >= 0.3 is 0 Å². The van der Waals surface area contributed by atoms with Gasteiger partial charge in [-0.25, -0.2) is 15.0 Å². The molecule has 0 saturated heterocycles. The van der Waals surface area contributed by atoms with Gasteiger partial charge in [0.15, 0.2) is 0 Å². The van der Waals surface area contributed by atoms with Crippen molar-refractivity contribution in [1.82, 2.24) is 15.0 Å². The van der Waals surface area contributed by atoms with Crippen LogP contribution in [-0.4, -0.2) is 22.0 Å². The van der Waals surface area contributed by atoms with Crippen LogP contribution in [0.3, 0.4) is 0 Å². The summed E-state index contributed by atoms with van der Waals surface area (Å²) in [6, 6.07) is 0. The number of fused-ring (bicyclic) bond motifs is 3. The molecule has 0 fully saturated rings. The van der Waals surface area contributed by atoms with Gasteiger partial charge in [-0.3, -0.25) is 0 Å². The molecule has 114 valence electrons. The van der Waals surface area contributed by atoms with Crippen LogP contribution < -0.4 is 4.90 Å². The Morgan fingerprint density at radius 2 is 2.05 bits per heavy atom. The van der Waals surface area contributed by atoms with Crippen molar-refractivity contribution in [2.75, 3.05) is 11.9 Å². The van der Waals surface area contributed by atoms with Crippen molar-refractivity contribution in [2.24, 2.45) is 0 Å². The topological polar surface area (TPSA) is 41.9 Å². The molecule has 4 nitrogen and oxygen atoms in total. The highest BCUT2D eigenvalue weighted by atomic mass is 32.1. The van der Waals surface area contributed by atoms with E-state index in [4.69, 9.17) is 4.98 Å². The molecule has 3 aromatic heterocycles. The third-order valence-electron chi connectivity index (χ3n) is 4.06. The van der Waals surface area contributed by atoms with Crippen LogP contribution >= 0.6 is 22.7 Å². The molecule has 1 aliphatic rings. The van der Waals surface area contributed by atoms with Crippen LogP contribution in [0.5, 0.6) is 0 Å². The first-order valence-electron chi connectivity index (χ1n) is 7.53. The number of hydrogen-bond acceptors (Lipinski definition) is 6. The highest BCUT2D eigenvalue weighted by molar-refractivity contribution is 7.19. The maximum atomic E-state index is 4.75.